The third kappa shape index (κ3) is 2.56. The lowest BCUT2D eigenvalue weighted by molar-refractivity contribution is 0.0985. The van der Waals surface area contributed by atoms with Crippen molar-refractivity contribution in [2.24, 2.45) is 4.99 Å². The summed E-state index contributed by atoms with van der Waals surface area (Å²) in [6.07, 6.45) is 7.07. The van der Waals surface area contributed by atoms with Gasteiger partial charge in [0.05, 0.1) is 43.1 Å². The van der Waals surface area contributed by atoms with Gasteiger partial charge in [0.2, 0.25) is 0 Å². The zero-order chi connectivity index (χ0) is 18.5. The van der Waals surface area contributed by atoms with Crippen LogP contribution in [0.1, 0.15) is 26.3 Å². The molecule has 142 valence electrons. The van der Waals surface area contributed by atoms with Crippen molar-refractivity contribution in [1.82, 2.24) is 14.8 Å². The van der Waals surface area contributed by atoms with Gasteiger partial charge in [0, 0.05) is 24.7 Å². The first-order valence-electron chi connectivity index (χ1n) is 9.88. The number of hydrogen-bond acceptors (Lipinski definition) is 6. The van der Waals surface area contributed by atoms with E-state index in [1.807, 2.05) is 17.0 Å². The van der Waals surface area contributed by atoms with Gasteiger partial charge < -0.3 is 14.5 Å². The number of pyridine rings is 1. The molecule has 27 heavy (non-hydrogen) atoms. The largest absolute Gasteiger partial charge is 0.377 e. The quantitative estimate of drug-likeness (QED) is 0.816. The molecule has 2 aromatic heterocycles. The zero-order valence-corrected chi connectivity index (χ0v) is 16.2. The van der Waals surface area contributed by atoms with Crippen molar-refractivity contribution in [3.63, 3.8) is 0 Å². The maximum absolute atomic E-state index is 5.66. The highest BCUT2D eigenvalue weighted by molar-refractivity contribution is 6.04. The number of anilines is 2. The average Bonchev–Trinajstić information content (AvgIpc) is 3.39. The van der Waals surface area contributed by atoms with Gasteiger partial charge in [0.15, 0.2) is 11.5 Å². The SMILES string of the molecule is CC(C)N1CCc2c(N3CCOC[C@H]3C)nc3c(cnn3C3=NCC=C3)c21. The maximum Gasteiger partial charge on any atom is 0.169 e. The van der Waals surface area contributed by atoms with Crippen molar-refractivity contribution in [3.05, 3.63) is 23.9 Å². The highest BCUT2D eigenvalue weighted by Crippen LogP contribution is 2.41. The van der Waals surface area contributed by atoms with Crippen molar-refractivity contribution in [3.8, 4) is 0 Å². The molecule has 1 atom stereocenters. The van der Waals surface area contributed by atoms with E-state index in [1.54, 1.807) is 0 Å². The number of allylic oxidation sites excluding steroid dienone is 1. The van der Waals surface area contributed by atoms with Crippen LogP contribution in [0.4, 0.5) is 11.5 Å². The molecule has 3 aliphatic rings. The van der Waals surface area contributed by atoms with E-state index >= 15 is 0 Å². The fourth-order valence-electron chi connectivity index (χ4n) is 4.41. The van der Waals surface area contributed by atoms with Crippen molar-refractivity contribution in [2.75, 3.05) is 42.6 Å². The van der Waals surface area contributed by atoms with Gasteiger partial charge in [-0.25, -0.2) is 4.98 Å². The Kier molecular flexibility index (Phi) is 3.93. The Morgan fingerprint density at radius 3 is 2.89 bits per heavy atom. The lowest BCUT2D eigenvalue weighted by Gasteiger charge is -2.35. The van der Waals surface area contributed by atoms with E-state index in [9.17, 15) is 0 Å². The Hall–Kier alpha value is -2.41. The van der Waals surface area contributed by atoms with Crippen LogP contribution in [0.3, 0.4) is 0 Å². The van der Waals surface area contributed by atoms with Gasteiger partial charge in [-0.3, -0.25) is 4.99 Å². The summed E-state index contributed by atoms with van der Waals surface area (Å²) < 4.78 is 7.56. The number of aliphatic imine (C=N–C) groups is 1. The lowest BCUT2D eigenvalue weighted by atomic mass is 10.1. The third-order valence-corrected chi connectivity index (χ3v) is 5.76. The Bertz CT molecular complexity index is 944. The normalized spacial score (nSPS) is 22.2. The van der Waals surface area contributed by atoms with E-state index in [1.165, 1.54) is 11.3 Å². The predicted molar refractivity (Wildman–Crippen MR) is 108 cm³/mol. The van der Waals surface area contributed by atoms with Crippen molar-refractivity contribution in [2.45, 2.75) is 39.3 Å². The molecule has 0 amide bonds. The molecule has 0 saturated carbocycles. The van der Waals surface area contributed by atoms with Gasteiger partial charge in [-0.1, -0.05) is 6.08 Å². The van der Waals surface area contributed by atoms with E-state index in [0.717, 1.165) is 55.4 Å². The van der Waals surface area contributed by atoms with Gasteiger partial charge in [-0.15, -0.1) is 0 Å². The molecule has 5 rings (SSSR count). The molecular formula is C20H26N6O. The Balaban J connectivity index is 1.74. The van der Waals surface area contributed by atoms with Gasteiger partial charge in [0.25, 0.3) is 0 Å². The topological polar surface area (TPSA) is 58.8 Å². The summed E-state index contributed by atoms with van der Waals surface area (Å²) in [7, 11) is 0. The maximum atomic E-state index is 5.66. The lowest BCUT2D eigenvalue weighted by Crippen LogP contribution is -2.44. The van der Waals surface area contributed by atoms with Crippen molar-refractivity contribution in [1.29, 1.82) is 0 Å². The molecule has 7 heteroatoms. The molecule has 0 bridgehead atoms. The Labute approximate surface area is 159 Å². The molecule has 0 radical (unpaired) electrons. The van der Waals surface area contributed by atoms with E-state index < -0.39 is 0 Å². The number of nitrogens with zero attached hydrogens (tertiary/aromatic N) is 6. The number of hydrogen-bond donors (Lipinski definition) is 0. The Morgan fingerprint density at radius 2 is 2.15 bits per heavy atom. The molecule has 7 nitrogen and oxygen atoms in total. The van der Waals surface area contributed by atoms with Crippen LogP contribution in [0, 0.1) is 0 Å². The molecule has 0 spiro atoms. The van der Waals surface area contributed by atoms with E-state index in [-0.39, 0.29) is 0 Å². The third-order valence-electron chi connectivity index (χ3n) is 5.76. The van der Waals surface area contributed by atoms with Gasteiger partial charge in [-0.2, -0.15) is 9.78 Å². The van der Waals surface area contributed by atoms with Crippen LogP contribution in [0.25, 0.3) is 11.0 Å². The van der Waals surface area contributed by atoms with E-state index in [2.05, 4.69) is 46.7 Å². The first-order chi connectivity index (χ1) is 13.1. The standard InChI is InChI=1S/C20H26N6O/c1-13(2)24-8-6-15-18(24)16-11-22-26(17-5-4-7-21-17)20(16)23-19(15)25-9-10-27-12-14(25)3/h4-5,11,13-14H,6-10,12H2,1-3H3/t14-/m1/s1. The molecule has 1 saturated heterocycles. The molecule has 0 aromatic carbocycles. The second-order valence-electron chi connectivity index (χ2n) is 7.81. The summed E-state index contributed by atoms with van der Waals surface area (Å²) >= 11 is 0. The summed E-state index contributed by atoms with van der Waals surface area (Å²) in [4.78, 5) is 14.6. The van der Waals surface area contributed by atoms with Crippen molar-refractivity contribution < 1.29 is 4.74 Å². The van der Waals surface area contributed by atoms with Crippen LogP contribution in [-0.2, 0) is 11.2 Å². The summed E-state index contributed by atoms with van der Waals surface area (Å²) in [5.41, 5.74) is 3.56. The van der Waals surface area contributed by atoms with Crippen LogP contribution in [0.15, 0.2) is 23.3 Å². The summed E-state index contributed by atoms with van der Waals surface area (Å²) in [5, 5.41) is 5.78. The van der Waals surface area contributed by atoms with Gasteiger partial charge in [0.1, 0.15) is 5.82 Å². The Morgan fingerprint density at radius 1 is 1.26 bits per heavy atom. The summed E-state index contributed by atoms with van der Waals surface area (Å²) in [6.45, 7) is 10.9. The average molecular weight is 366 g/mol. The van der Waals surface area contributed by atoms with Crippen molar-refractivity contribution >= 4 is 28.4 Å². The molecule has 1 fully saturated rings. The predicted octanol–water partition coefficient (Wildman–Crippen LogP) is 2.24. The van der Waals surface area contributed by atoms with Gasteiger partial charge >= 0.3 is 0 Å². The minimum atomic E-state index is 0.320. The first kappa shape index (κ1) is 16.7. The number of ether oxygens (including phenoxy) is 1. The fourth-order valence-corrected chi connectivity index (χ4v) is 4.41. The molecule has 0 N–H and O–H groups in total. The zero-order valence-electron chi connectivity index (χ0n) is 16.2. The van der Waals surface area contributed by atoms with Crippen LogP contribution in [0.2, 0.25) is 0 Å². The second-order valence-corrected chi connectivity index (χ2v) is 7.81. The second kappa shape index (κ2) is 6.34. The van der Waals surface area contributed by atoms with E-state index in [4.69, 9.17) is 9.72 Å². The minimum Gasteiger partial charge on any atom is -0.377 e. The van der Waals surface area contributed by atoms with Gasteiger partial charge in [-0.05, 0) is 33.3 Å². The fraction of sp³-hybridized carbons (Fsp3) is 0.550. The highest BCUT2D eigenvalue weighted by Gasteiger charge is 2.33. The molecule has 5 heterocycles. The summed E-state index contributed by atoms with van der Waals surface area (Å²) in [6, 6.07) is 0.764. The molecular weight excluding hydrogens is 340 g/mol. The molecule has 0 unspecified atom stereocenters. The van der Waals surface area contributed by atoms with Crippen LogP contribution < -0.4 is 9.80 Å². The number of morpholine rings is 1. The smallest absolute Gasteiger partial charge is 0.169 e. The number of rotatable bonds is 2. The van der Waals surface area contributed by atoms with Crippen LogP contribution in [-0.4, -0.2) is 65.5 Å². The molecule has 0 aliphatic carbocycles. The van der Waals surface area contributed by atoms with Crippen LogP contribution in [0.5, 0.6) is 0 Å². The minimum absolute atomic E-state index is 0.320. The number of aromatic nitrogens is 3. The molecule has 2 aromatic rings. The summed E-state index contributed by atoms with van der Waals surface area (Å²) in [5.74, 6) is 1.97. The first-order valence-corrected chi connectivity index (χ1v) is 9.88. The highest BCUT2D eigenvalue weighted by atomic mass is 16.5. The molecule has 3 aliphatic heterocycles. The van der Waals surface area contributed by atoms with E-state index in [0.29, 0.717) is 18.6 Å². The number of fused-ring (bicyclic) bond motifs is 3. The monoisotopic (exact) mass is 366 g/mol. The van der Waals surface area contributed by atoms with Crippen LogP contribution >= 0.6 is 0 Å².